The molecule has 94 valence electrons. The molecule has 3 rings (SSSR count). The molecule has 1 aromatic heterocycles. The Kier molecular flexibility index (Phi) is 2.71. The van der Waals surface area contributed by atoms with E-state index in [1.54, 1.807) is 0 Å². The van der Waals surface area contributed by atoms with Gasteiger partial charge in [-0.15, -0.1) is 0 Å². The van der Waals surface area contributed by atoms with Crippen LogP contribution in [0.3, 0.4) is 0 Å². The van der Waals surface area contributed by atoms with Crippen LogP contribution in [-0.4, -0.2) is 31.3 Å². The molecule has 0 radical (unpaired) electrons. The molecule has 0 aliphatic carbocycles. The van der Waals surface area contributed by atoms with Gasteiger partial charge in [0.1, 0.15) is 11.4 Å². The number of halogens is 1. The summed E-state index contributed by atoms with van der Waals surface area (Å²) in [7, 11) is 0. The molecule has 1 aromatic carbocycles. The van der Waals surface area contributed by atoms with E-state index in [1.807, 2.05) is 4.90 Å². The highest BCUT2D eigenvalue weighted by molar-refractivity contribution is 5.76. The van der Waals surface area contributed by atoms with Gasteiger partial charge in [-0.25, -0.2) is 4.39 Å². The number of rotatable bonds is 1. The fourth-order valence-electron chi connectivity index (χ4n) is 1.92. The third-order valence-corrected chi connectivity index (χ3v) is 2.85. The fourth-order valence-corrected chi connectivity index (χ4v) is 1.92. The highest BCUT2D eigenvalue weighted by atomic mass is 19.1. The topological polar surface area (TPSA) is 55.6 Å². The van der Waals surface area contributed by atoms with Gasteiger partial charge in [-0.1, -0.05) is 0 Å². The minimum Gasteiger partial charge on any atom is -0.425 e. The number of ether oxygens (including phenoxy) is 1. The van der Waals surface area contributed by atoms with Crippen LogP contribution in [0, 0.1) is 5.82 Å². The third kappa shape index (κ3) is 1.95. The summed E-state index contributed by atoms with van der Waals surface area (Å²) in [6.07, 6.45) is 0. The van der Waals surface area contributed by atoms with Crippen LogP contribution in [-0.2, 0) is 4.74 Å². The highest BCUT2D eigenvalue weighted by Crippen LogP contribution is 2.18. The largest absolute Gasteiger partial charge is 0.425 e. The summed E-state index contributed by atoms with van der Waals surface area (Å²) in [6, 6.07) is 4.10. The molecule has 0 amide bonds. The van der Waals surface area contributed by atoms with Crippen molar-refractivity contribution in [2.45, 2.75) is 0 Å². The molecule has 6 heteroatoms. The smallest absolute Gasteiger partial charge is 0.301 e. The monoisotopic (exact) mass is 250 g/mol. The molecule has 0 atom stereocenters. The van der Waals surface area contributed by atoms with Gasteiger partial charge in [-0.2, -0.15) is 4.98 Å². The molecule has 0 N–H and O–H groups in total. The van der Waals surface area contributed by atoms with Crippen molar-refractivity contribution in [2.75, 3.05) is 31.2 Å². The van der Waals surface area contributed by atoms with E-state index >= 15 is 0 Å². The second kappa shape index (κ2) is 4.38. The molecule has 2 heterocycles. The molecule has 0 saturated carbocycles. The lowest BCUT2D eigenvalue weighted by Gasteiger charge is -2.25. The number of fused-ring (bicyclic) bond motifs is 1. The maximum absolute atomic E-state index is 13.0. The van der Waals surface area contributed by atoms with Gasteiger partial charge in [0, 0.05) is 13.1 Å². The summed E-state index contributed by atoms with van der Waals surface area (Å²) < 4.78 is 23.8. The van der Waals surface area contributed by atoms with Crippen LogP contribution >= 0.6 is 0 Å². The second-order valence-electron chi connectivity index (χ2n) is 4.04. The van der Waals surface area contributed by atoms with Gasteiger partial charge in [0.2, 0.25) is 0 Å². The number of benzene rings is 1. The van der Waals surface area contributed by atoms with E-state index in [0.717, 1.165) is 6.07 Å². The first kappa shape index (κ1) is 11.2. The summed E-state index contributed by atoms with van der Waals surface area (Å²) in [5.41, 5.74) is -0.130. The molecule has 0 unspecified atom stereocenters. The first-order valence-electron chi connectivity index (χ1n) is 5.67. The fraction of sp³-hybridized carbons (Fsp3) is 0.333. The zero-order valence-corrected chi connectivity index (χ0v) is 9.56. The minimum atomic E-state index is -0.476. The van der Waals surface area contributed by atoms with E-state index in [0.29, 0.717) is 31.9 Å². The number of hydrogen-bond acceptors (Lipinski definition) is 5. The van der Waals surface area contributed by atoms with E-state index in [-0.39, 0.29) is 11.4 Å². The second-order valence-corrected chi connectivity index (χ2v) is 4.04. The number of morpholine rings is 1. The first-order valence-corrected chi connectivity index (χ1v) is 5.67. The lowest BCUT2D eigenvalue weighted by Crippen LogP contribution is -2.37. The normalized spacial score (nSPS) is 16.2. The standard InChI is InChI=1S/C12H11FN2O3/c13-8-1-2-10-9(7-8)11(16)14-12(18-10)15-3-5-17-6-4-15/h1-2,7H,3-6H2. The van der Waals surface area contributed by atoms with Crippen molar-refractivity contribution in [3.05, 3.63) is 34.4 Å². The maximum Gasteiger partial charge on any atom is 0.301 e. The van der Waals surface area contributed by atoms with Crippen molar-refractivity contribution in [2.24, 2.45) is 0 Å². The SMILES string of the molecule is O=c1nc(N2CCOCC2)oc2ccc(F)cc12. The summed E-state index contributed by atoms with van der Waals surface area (Å²) >= 11 is 0. The zero-order chi connectivity index (χ0) is 12.5. The Morgan fingerprint density at radius 2 is 2.06 bits per heavy atom. The van der Waals surface area contributed by atoms with Gasteiger partial charge in [0.05, 0.1) is 18.6 Å². The van der Waals surface area contributed by atoms with Crippen LogP contribution in [0.15, 0.2) is 27.4 Å². The molecular formula is C12H11FN2O3. The molecule has 1 fully saturated rings. The molecule has 2 aromatic rings. The number of hydrogen-bond donors (Lipinski definition) is 0. The zero-order valence-electron chi connectivity index (χ0n) is 9.56. The van der Waals surface area contributed by atoms with Gasteiger partial charge in [-0.05, 0) is 18.2 Å². The van der Waals surface area contributed by atoms with Gasteiger partial charge in [-0.3, -0.25) is 4.79 Å². The summed E-state index contributed by atoms with van der Waals surface area (Å²) in [5.74, 6) is -0.476. The third-order valence-electron chi connectivity index (χ3n) is 2.85. The number of anilines is 1. The van der Waals surface area contributed by atoms with Gasteiger partial charge >= 0.3 is 6.01 Å². The molecule has 0 bridgehead atoms. The van der Waals surface area contributed by atoms with Crippen LogP contribution < -0.4 is 10.5 Å². The van der Waals surface area contributed by atoms with Crippen LogP contribution in [0.2, 0.25) is 0 Å². The van der Waals surface area contributed by atoms with Crippen molar-refractivity contribution in [3.8, 4) is 0 Å². The van der Waals surface area contributed by atoms with Crippen LogP contribution in [0.25, 0.3) is 11.0 Å². The van der Waals surface area contributed by atoms with E-state index < -0.39 is 11.4 Å². The van der Waals surface area contributed by atoms with E-state index in [1.165, 1.54) is 12.1 Å². The molecule has 1 aliphatic rings. The predicted octanol–water partition coefficient (Wildman–Crippen LogP) is 1.16. The summed E-state index contributed by atoms with van der Waals surface area (Å²) in [5, 5.41) is 0.159. The number of nitrogens with zero attached hydrogens (tertiary/aromatic N) is 2. The number of aromatic nitrogens is 1. The first-order chi connectivity index (χ1) is 8.74. The van der Waals surface area contributed by atoms with Gasteiger partial charge < -0.3 is 14.1 Å². The molecule has 1 saturated heterocycles. The molecule has 18 heavy (non-hydrogen) atoms. The summed E-state index contributed by atoms with van der Waals surface area (Å²) in [6.45, 7) is 2.41. The van der Waals surface area contributed by atoms with Crippen LogP contribution in [0.5, 0.6) is 0 Å². The maximum atomic E-state index is 13.0. The molecule has 0 spiro atoms. The van der Waals surface area contributed by atoms with E-state index in [9.17, 15) is 9.18 Å². The van der Waals surface area contributed by atoms with Crippen molar-refractivity contribution in [3.63, 3.8) is 0 Å². The minimum absolute atomic E-state index is 0.159. The Morgan fingerprint density at radius 1 is 1.28 bits per heavy atom. The van der Waals surface area contributed by atoms with Crippen molar-refractivity contribution in [1.82, 2.24) is 4.98 Å². The predicted molar refractivity (Wildman–Crippen MR) is 63.3 cm³/mol. The van der Waals surface area contributed by atoms with Crippen molar-refractivity contribution >= 4 is 17.0 Å². The molecule has 5 nitrogen and oxygen atoms in total. The Morgan fingerprint density at radius 3 is 2.83 bits per heavy atom. The molecular weight excluding hydrogens is 239 g/mol. The van der Waals surface area contributed by atoms with Crippen molar-refractivity contribution < 1.29 is 13.5 Å². The Bertz CT molecular complexity index is 635. The Labute approximate surface area is 102 Å². The van der Waals surface area contributed by atoms with E-state index in [2.05, 4.69) is 4.98 Å². The van der Waals surface area contributed by atoms with Crippen LogP contribution in [0.4, 0.5) is 10.4 Å². The van der Waals surface area contributed by atoms with Gasteiger partial charge in [0.25, 0.3) is 5.56 Å². The van der Waals surface area contributed by atoms with E-state index in [4.69, 9.17) is 9.15 Å². The molecule has 1 aliphatic heterocycles. The van der Waals surface area contributed by atoms with Crippen molar-refractivity contribution in [1.29, 1.82) is 0 Å². The van der Waals surface area contributed by atoms with Crippen LogP contribution in [0.1, 0.15) is 0 Å². The average Bonchev–Trinajstić information content (AvgIpc) is 2.40. The lowest BCUT2D eigenvalue weighted by atomic mass is 10.2. The van der Waals surface area contributed by atoms with Gasteiger partial charge in [0.15, 0.2) is 0 Å². The summed E-state index contributed by atoms with van der Waals surface area (Å²) in [4.78, 5) is 17.5. The quantitative estimate of drug-likeness (QED) is 0.760. The average molecular weight is 250 g/mol. The highest BCUT2D eigenvalue weighted by Gasteiger charge is 2.16. The lowest BCUT2D eigenvalue weighted by molar-refractivity contribution is 0.120. The Hall–Kier alpha value is -1.95. The Balaban J connectivity index is 2.09.